The molecule has 24 heavy (non-hydrogen) atoms. The highest BCUT2D eigenvalue weighted by atomic mass is 35.5. The SMILES string of the molecule is CC(C)(CNC(=O)Cc1ccc(Cl)cc1)c1c[nH]c2ccccc12. The number of nitrogens with one attached hydrogen (secondary N) is 2. The first-order valence-corrected chi connectivity index (χ1v) is 8.41. The van der Waals surface area contributed by atoms with Crippen LogP contribution in [-0.4, -0.2) is 17.4 Å². The van der Waals surface area contributed by atoms with Crippen LogP contribution in [0.25, 0.3) is 10.9 Å². The number of amides is 1. The van der Waals surface area contributed by atoms with Crippen molar-refractivity contribution in [2.75, 3.05) is 6.54 Å². The van der Waals surface area contributed by atoms with Gasteiger partial charge in [0.25, 0.3) is 0 Å². The maximum absolute atomic E-state index is 12.2. The van der Waals surface area contributed by atoms with Gasteiger partial charge in [-0.3, -0.25) is 4.79 Å². The van der Waals surface area contributed by atoms with E-state index < -0.39 is 0 Å². The second-order valence-electron chi connectivity index (χ2n) is 6.71. The maximum Gasteiger partial charge on any atom is 0.224 e. The smallest absolute Gasteiger partial charge is 0.224 e. The van der Waals surface area contributed by atoms with Crippen molar-refractivity contribution >= 4 is 28.4 Å². The Morgan fingerprint density at radius 2 is 1.83 bits per heavy atom. The Morgan fingerprint density at radius 1 is 1.12 bits per heavy atom. The summed E-state index contributed by atoms with van der Waals surface area (Å²) in [7, 11) is 0. The third-order valence-corrected chi connectivity index (χ3v) is 4.58. The van der Waals surface area contributed by atoms with Gasteiger partial charge in [-0.1, -0.05) is 55.8 Å². The minimum absolute atomic E-state index is 0.0187. The van der Waals surface area contributed by atoms with E-state index in [1.54, 1.807) is 12.1 Å². The normalized spacial score (nSPS) is 11.6. The van der Waals surface area contributed by atoms with Crippen LogP contribution in [0, 0.1) is 0 Å². The molecule has 1 aromatic heterocycles. The summed E-state index contributed by atoms with van der Waals surface area (Å²) in [5.74, 6) is 0.0187. The number of carbonyl (C=O) groups excluding carboxylic acids is 1. The summed E-state index contributed by atoms with van der Waals surface area (Å²) in [6.45, 7) is 4.87. The number of rotatable bonds is 5. The number of aromatic nitrogens is 1. The molecular formula is C20H21ClN2O. The molecule has 2 aromatic carbocycles. The molecule has 0 aliphatic heterocycles. The number of hydrogen-bond acceptors (Lipinski definition) is 1. The maximum atomic E-state index is 12.2. The van der Waals surface area contributed by atoms with E-state index >= 15 is 0 Å². The Labute approximate surface area is 147 Å². The van der Waals surface area contributed by atoms with Crippen LogP contribution in [0.2, 0.25) is 5.02 Å². The minimum Gasteiger partial charge on any atom is -0.361 e. The molecule has 1 amide bonds. The number of aromatic amines is 1. The molecule has 0 aliphatic carbocycles. The first-order valence-electron chi connectivity index (χ1n) is 8.03. The van der Waals surface area contributed by atoms with Crippen LogP contribution in [0.4, 0.5) is 0 Å². The molecule has 0 saturated carbocycles. The van der Waals surface area contributed by atoms with Crippen LogP contribution in [0.15, 0.2) is 54.7 Å². The summed E-state index contributed by atoms with van der Waals surface area (Å²) >= 11 is 5.87. The van der Waals surface area contributed by atoms with Gasteiger partial charge in [0.05, 0.1) is 6.42 Å². The second-order valence-corrected chi connectivity index (χ2v) is 7.15. The van der Waals surface area contributed by atoms with Gasteiger partial charge in [0.2, 0.25) is 5.91 Å². The van der Waals surface area contributed by atoms with E-state index in [1.165, 1.54) is 10.9 Å². The predicted molar refractivity (Wildman–Crippen MR) is 99.5 cm³/mol. The summed E-state index contributed by atoms with van der Waals surface area (Å²) in [5, 5.41) is 4.94. The fourth-order valence-electron chi connectivity index (χ4n) is 2.90. The molecule has 0 fully saturated rings. The first-order chi connectivity index (χ1) is 11.5. The molecular weight excluding hydrogens is 320 g/mol. The number of hydrogen-bond donors (Lipinski definition) is 2. The second kappa shape index (κ2) is 6.70. The van der Waals surface area contributed by atoms with Gasteiger partial charge in [0.1, 0.15) is 0 Å². The standard InChI is InChI=1S/C20H21ClN2O/c1-20(2,17-12-22-18-6-4-3-5-16(17)18)13-23-19(24)11-14-7-9-15(21)10-8-14/h3-10,12,22H,11,13H2,1-2H3,(H,23,24). The zero-order valence-corrected chi connectivity index (χ0v) is 14.7. The molecule has 0 bridgehead atoms. The molecule has 0 spiro atoms. The van der Waals surface area contributed by atoms with Crippen LogP contribution >= 0.6 is 11.6 Å². The van der Waals surface area contributed by atoms with Crippen molar-refractivity contribution in [3.8, 4) is 0 Å². The zero-order valence-electron chi connectivity index (χ0n) is 13.9. The highest BCUT2D eigenvalue weighted by Gasteiger charge is 2.24. The summed E-state index contributed by atoms with van der Waals surface area (Å²) < 4.78 is 0. The Hall–Kier alpha value is -2.26. The summed E-state index contributed by atoms with van der Waals surface area (Å²) in [6, 6.07) is 15.6. The third kappa shape index (κ3) is 3.62. The van der Waals surface area contributed by atoms with Crippen molar-refractivity contribution in [1.29, 1.82) is 0 Å². The molecule has 4 heteroatoms. The molecule has 0 radical (unpaired) electrons. The minimum atomic E-state index is -0.157. The van der Waals surface area contributed by atoms with Gasteiger partial charge >= 0.3 is 0 Å². The highest BCUT2D eigenvalue weighted by molar-refractivity contribution is 6.30. The van der Waals surface area contributed by atoms with E-state index in [4.69, 9.17) is 11.6 Å². The number of para-hydroxylation sites is 1. The van der Waals surface area contributed by atoms with Gasteiger partial charge in [0, 0.05) is 34.1 Å². The first kappa shape index (κ1) is 16.6. The summed E-state index contributed by atoms with van der Waals surface area (Å²) in [5.41, 5.74) is 3.13. The molecule has 3 nitrogen and oxygen atoms in total. The number of halogens is 1. The molecule has 124 valence electrons. The van der Waals surface area contributed by atoms with E-state index in [9.17, 15) is 4.79 Å². The van der Waals surface area contributed by atoms with Gasteiger partial charge in [-0.05, 0) is 29.3 Å². The molecule has 1 heterocycles. The highest BCUT2D eigenvalue weighted by Crippen LogP contribution is 2.29. The lowest BCUT2D eigenvalue weighted by Crippen LogP contribution is -2.37. The lowest BCUT2D eigenvalue weighted by atomic mass is 9.84. The van der Waals surface area contributed by atoms with Crippen molar-refractivity contribution in [1.82, 2.24) is 10.3 Å². The van der Waals surface area contributed by atoms with E-state index in [1.807, 2.05) is 30.5 Å². The molecule has 0 aliphatic rings. The van der Waals surface area contributed by atoms with Crippen LogP contribution < -0.4 is 5.32 Å². The van der Waals surface area contributed by atoms with Crippen molar-refractivity contribution in [3.05, 3.63) is 70.9 Å². The molecule has 0 atom stereocenters. The topological polar surface area (TPSA) is 44.9 Å². The monoisotopic (exact) mass is 340 g/mol. The van der Waals surface area contributed by atoms with Crippen molar-refractivity contribution in [2.45, 2.75) is 25.7 Å². The van der Waals surface area contributed by atoms with Crippen molar-refractivity contribution < 1.29 is 4.79 Å². The van der Waals surface area contributed by atoms with E-state index in [0.717, 1.165) is 11.1 Å². The fraction of sp³-hybridized carbons (Fsp3) is 0.250. The predicted octanol–water partition coefficient (Wildman–Crippen LogP) is 4.46. The average Bonchev–Trinajstić information content (AvgIpc) is 3.00. The summed E-state index contributed by atoms with van der Waals surface area (Å²) in [6.07, 6.45) is 2.40. The third-order valence-electron chi connectivity index (χ3n) is 4.32. The number of H-pyrrole nitrogens is 1. The molecule has 0 saturated heterocycles. The Bertz CT molecular complexity index is 849. The Balaban J connectivity index is 1.66. The Kier molecular flexibility index (Phi) is 4.63. The number of carbonyl (C=O) groups is 1. The molecule has 2 N–H and O–H groups in total. The quantitative estimate of drug-likeness (QED) is 0.707. The average molecular weight is 341 g/mol. The number of fused-ring (bicyclic) bond motifs is 1. The lowest BCUT2D eigenvalue weighted by molar-refractivity contribution is -0.120. The number of benzene rings is 2. The van der Waals surface area contributed by atoms with Crippen molar-refractivity contribution in [2.24, 2.45) is 0 Å². The van der Waals surface area contributed by atoms with Gasteiger partial charge < -0.3 is 10.3 Å². The van der Waals surface area contributed by atoms with Crippen LogP contribution in [-0.2, 0) is 16.6 Å². The van der Waals surface area contributed by atoms with E-state index in [2.05, 4.69) is 36.3 Å². The molecule has 0 unspecified atom stereocenters. The lowest BCUT2D eigenvalue weighted by Gasteiger charge is -2.25. The van der Waals surface area contributed by atoms with Crippen molar-refractivity contribution in [3.63, 3.8) is 0 Å². The largest absolute Gasteiger partial charge is 0.361 e. The molecule has 3 rings (SSSR count). The van der Waals surface area contributed by atoms with Crippen LogP contribution in [0.1, 0.15) is 25.0 Å². The zero-order chi connectivity index (χ0) is 17.2. The summed E-state index contributed by atoms with van der Waals surface area (Å²) in [4.78, 5) is 15.5. The Morgan fingerprint density at radius 3 is 2.58 bits per heavy atom. The van der Waals surface area contributed by atoms with E-state index in [-0.39, 0.29) is 11.3 Å². The van der Waals surface area contributed by atoms with Gasteiger partial charge in [-0.2, -0.15) is 0 Å². The van der Waals surface area contributed by atoms with Gasteiger partial charge in [-0.15, -0.1) is 0 Å². The molecule has 3 aromatic rings. The van der Waals surface area contributed by atoms with E-state index in [0.29, 0.717) is 18.0 Å². The van der Waals surface area contributed by atoms with Gasteiger partial charge in [-0.25, -0.2) is 0 Å². The van der Waals surface area contributed by atoms with Gasteiger partial charge in [0.15, 0.2) is 0 Å². The van der Waals surface area contributed by atoms with Crippen LogP contribution in [0.3, 0.4) is 0 Å². The van der Waals surface area contributed by atoms with Crippen LogP contribution in [0.5, 0.6) is 0 Å². The fourth-order valence-corrected chi connectivity index (χ4v) is 3.02.